The van der Waals surface area contributed by atoms with Crippen LogP contribution < -0.4 is 15.5 Å². The van der Waals surface area contributed by atoms with Crippen LogP contribution >= 0.6 is 0 Å². The first-order valence-corrected chi connectivity index (χ1v) is 12.3. The highest BCUT2D eigenvalue weighted by Crippen LogP contribution is 2.30. The molecule has 4 aromatic rings. The zero-order valence-electron chi connectivity index (χ0n) is 20.2. The number of aliphatic imine (C=N–C) groups is 1. The molecule has 2 aliphatic heterocycles. The monoisotopic (exact) mass is 490 g/mol. The van der Waals surface area contributed by atoms with Crippen LogP contribution in [-0.4, -0.2) is 54.3 Å². The van der Waals surface area contributed by atoms with E-state index in [-0.39, 0.29) is 5.91 Å². The molecule has 1 atom stereocenters. The number of benzene rings is 3. The van der Waals surface area contributed by atoms with Crippen LogP contribution in [0.3, 0.4) is 0 Å². The average Bonchev–Trinajstić information content (AvgIpc) is 3.10. The molecule has 184 valence electrons. The number of para-hydroxylation sites is 2. The van der Waals surface area contributed by atoms with Crippen molar-refractivity contribution in [1.29, 1.82) is 0 Å². The van der Waals surface area contributed by atoms with Crippen molar-refractivity contribution in [3.8, 4) is 11.3 Å². The molecule has 0 radical (unpaired) electrons. The summed E-state index contributed by atoms with van der Waals surface area (Å²) in [5.41, 5.74) is 6.14. The number of carbonyl (C=O) groups is 1. The van der Waals surface area contributed by atoms with E-state index in [0.29, 0.717) is 19.0 Å². The Balaban J connectivity index is 1.29. The predicted octanol–water partition coefficient (Wildman–Crippen LogP) is 4.21. The van der Waals surface area contributed by atoms with Crippen molar-refractivity contribution >= 4 is 28.8 Å². The first-order chi connectivity index (χ1) is 18.3. The van der Waals surface area contributed by atoms with Crippen LogP contribution in [0.2, 0.25) is 0 Å². The van der Waals surface area contributed by atoms with Crippen LogP contribution in [0.15, 0.2) is 96.0 Å². The summed E-state index contributed by atoms with van der Waals surface area (Å²) >= 11 is 0. The zero-order valence-corrected chi connectivity index (χ0v) is 20.2. The maximum atomic E-state index is 13.1. The van der Waals surface area contributed by atoms with E-state index in [1.165, 1.54) is 0 Å². The van der Waals surface area contributed by atoms with E-state index < -0.39 is 6.17 Å². The maximum Gasteiger partial charge on any atom is 0.269 e. The summed E-state index contributed by atoms with van der Waals surface area (Å²) in [6.07, 6.45) is -0.872. The second-order valence-corrected chi connectivity index (χ2v) is 8.85. The Morgan fingerprint density at radius 2 is 1.54 bits per heavy atom. The van der Waals surface area contributed by atoms with Gasteiger partial charge in [-0.3, -0.25) is 4.79 Å². The summed E-state index contributed by atoms with van der Waals surface area (Å²) in [6.45, 7) is 3.10. The number of rotatable bonds is 5. The second kappa shape index (κ2) is 10.2. The van der Waals surface area contributed by atoms with Crippen molar-refractivity contribution in [3.63, 3.8) is 0 Å². The van der Waals surface area contributed by atoms with Gasteiger partial charge in [0, 0.05) is 35.5 Å². The standard InChI is InChI=1S/C29H26N6O2/c36-29-28(32-27(20-8-2-1-3-9-20)22-11-4-6-12-23(22)30-29)31-26-15-14-24(33-34-26)21-10-5-7-13-25(21)35-16-18-37-19-17-35/h1-15,28H,16-19H2,(H,30,36)(H,31,34). The molecule has 2 aliphatic rings. The highest BCUT2D eigenvalue weighted by atomic mass is 16.5. The number of hydrogen-bond acceptors (Lipinski definition) is 7. The van der Waals surface area contributed by atoms with E-state index in [0.717, 1.165) is 52.6 Å². The highest BCUT2D eigenvalue weighted by molar-refractivity contribution is 6.19. The molecule has 8 nitrogen and oxygen atoms in total. The third kappa shape index (κ3) is 4.79. The van der Waals surface area contributed by atoms with Crippen LogP contribution in [0.4, 0.5) is 17.2 Å². The van der Waals surface area contributed by atoms with Gasteiger partial charge in [-0.2, -0.15) is 0 Å². The lowest BCUT2D eigenvalue weighted by atomic mass is 10.0. The number of hydrogen-bond donors (Lipinski definition) is 2. The van der Waals surface area contributed by atoms with Crippen molar-refractivity contribution in [3.05, 3.63) is 102 Å². The van der Waals surface area contributed by atoms with Crippen molar-refractivity contribution in [2.24, 2.45) is 4.99 Å². The summed E-state index contributed by atoms with van der Waals surface area (Å²) in [7, 11) is 0. The number of amides is 1. The van der Waals surface area contributed by atoms with Gasteiger partial charge in [0.15, 0.2) is 5.82 Å². The molecule has 8 heteroatoms. The quantitative estimate of drug-likeness (QED) is 0.436. The van der Waals surface area contributed by atoms with Gasteiger partial charge in [0.2, 0.25) is 6.17 Å². The maximum absolute atomic E-state index is 13.1. The molecule has 1 saturated heterocycles. The Kier molecular flexibility index (Phi) is 6.31. The molecule has 6 rings (SSSR count). The summed E-state index contributed by atoms with van der Waals surface area (Å²) in [4.78, 5) is 20.3. The molecule has 1 amide bonds. The van der Waals surface area contributed by atoms with Crippen LogP contribution in [0.1, 0.15) is 11.1 Å². The van der Waals surface area contributed by atoms with Gasteiger partial charge in [0.05, 0.1) is 30.3 Å². The third-order valence-corrected chi connectivity index (χ3v) is 6.47. The molecule has 37 heavy (non-hydrogen) atoms. The van der Waals surface area contributed by atoms with Crippen molar-refractivity contribution in [1.82, 2.24) is 10.2 Å². The summed E-state index contributed by atoms with van der Waals surface area (Å²) in [5.74, 6) is 0.205. The van der Waals surface area contributed by atoms with Crippen LogP contribution in [0, 0.1) is 0 Å². The van der Waals surface area contributed by atoms with Crippen LogP contribution in [0.25, 0.3) is 11.3 Å². The Bertz CT molecular complexity index is 1430. The van der Waals surface area contributed by atoms with Gasteiger partial charge >= 0.3 is 0 Å². The molecule has 3 aromatic carbocycles. The molecule has 0 bridgehead atoms. The number of anilines is 3. The Labute approximate surface area is 215 Å². The summed E-state index contributed by atoms with van der Waals surface area (Å²) in [5, 5.41) is 15.0. The number of nitrogens with one attached hydrogen (secondary N) is 2. The molecule has 3 heterocycles. The van der Waals surface area contributed by atoms with E-state index in [1.807, 2.05) is 84.9 Å². The van der Waals surface area contributed by atoms with Crippen LogP contribution in [-0.2, 0) is 9.53 Å². The van der Waals surface area contributed by atoms with E-state index in [1.54, 1.807) is 0 Å². The first kappa shape index (κ1) is 22.9. The first-order valence-electron chi connectivity index (χ1n) is 12.3. The smallest absolute Gasteiger partial charge is 0.269 e. The van der Waals surface area contributed by atoms with Gasteiger partial charge in [0.1, 0.15) is 0 Å². The van der Waals surface area contributed by atoms with Crippen molar-refractivity contribution in [2.45, 2.75) is 6.17 Å². The normalized spacial score (nSPS) is 17.3. The molecule has 2 N–H and O–H groups in total. The number of carbonyl (C=O) groups excluding carboxylic acids is 1. The fourth-order valence-electron chi connectivity index (χ4n) is 4.64. The lowest BCUT2D eigenvalue weighted by Crippen LogP contribution is -2.36. The number of ether oxygens (including phenoxy) is 1. The molecule has 1 unspecified atom stereocenters. The van der Waals surface area contributed by atoms with E-state index in [9.17, 15) is 4.79 Å². The van der Waals surface area contributed by atoms with Crippen LogP contribution in [0.5, 0.6) is 0 Å². The van der Waals surface area contributed by atoms with Gasteiger partial charge in [-0.15, -0.1) is 10.2 Å². The topological polar surface area (TPSA) is 91.7 Å². The Morgan fingerprint density at radius 3 is 2.32 bits per heavy atom. The van der Waals surface area contributed by atoms with E-state index in [4.69, 9.17) is 9.73 Å². The molecule has 0 spiro atoms. The zero-order chi connectivity index (χ0) is 25.0. The molecular weight excluding hydrogens is 464 g/mol. The van der Waals surface area contributed by atoms with Gasteiger partial charge in [-0.25, -0.2) is 4.99 Å². The minimum atomic E-state index is -0.872. The summed E-state index contributed by atoms with van der Waals surface area (Å²) < 4.78 is 5.51. The second-order valence-electron chi connectivity index (χ2n) is 8.85. The lowest BCUT2D eigenvalue weighted by Gasteiger charge is -2.30. The fraction of sp³-hybridized carbons (Fsp3) is 0.172. The Morgan fingerprint density at radius 1 is 0.811 bits per heavy atom. The van der Waals surface area contributed by atoms with E-state index in [2.05, 4.69) is 31.8 Å². The van der Waals surface area contributed by atoms with E-state index >= 15 is 0 Å². The SMILES string of the molecule is O=C1Nc2ccccc2C(c2ccccc2)=NC1Nc1ccc(-c2ccccc2N2CCOCC2)nn1. The minimum absolute atomic E-state index is 0.262. The molecular formula is C29H26N6O2. The third-order valence-electron chi connectivity index (χ3n) is 6.47. The van der Waals surface area contributed by atoms with Crippen molar-refractivity contribution < 1.29 is 9.53 Å². The molecule has 1 aromatic heterocycles. The fourth-order valence-corrected chi connectivity index (χ4v) is 4.64. The number of benzodiazepines with no additional fused rings is 1. The minimum Gasteiger partial charge on any atom is -0.378 e. The van der Waals surface area contributed by atoms with Gasteiger partial charge in [-0.1, -0.05) is 66.7 Å². The lowest BCUT2D eigenvalue weighted by molar-refractivity contribution is -0.116. The van der Waals surface area contributed by atoms with Gasteiger partial charge in [0.25, 0.3) is 5.91 Å². The number of fused-ring (bicyclic) bond motifs is 1. The predicted molar refractivity (Wildman–Crippen MR) is 145 cm³/mol. The highest BCUT2D eigenvalue weighted by Gasteiger charge is 2.26. The largest absolute Gasteiger partial charge is 0.378 e. The molecule has 0 aliphatic carbocycles. The number of nitrogens with zero attached hydrogens (tertiary/aromatic N) is 4. The number of morpholine rings is 1. The van der Waals surface area contributed by atoms with Gasteiger partial charge in [-0.05, 0) is 24.3 Å². The van der Waals surface area contributed by atoms with Gasteiger partial charge < -0.3 is 20.3 Å². The van der Waals surface area contributed by atoms with Crippen molar-refractivity contribution in [2.75, 3.05) is 41.8 Å². The summed E-state index contributed by atoms with van der Waals surface area (Å²) in [6, 6.07) is 29.5. The Hall–Kier alpha value is -4.56. The molecule has 0 saturated carbocycles. The molecule has 1 fully saturated rings. The average molecular weight is 491 g/mol. The number of aromatic nitrogens is 2.